The second-order valence-corrected chi connectivity index (χ2v) is 6.66. The Balaban J connectivity index is 1.81. The third-order valence-corrected chi connectivity index (χ3v) is 4.19. The first-order chi connectivity index (χ1) is 14.4. The van der Waals surface area contributed by atoms with Crippen molar-refractivity contribution in [2.24, 2.45) is 4.99 Å². The van der Waals surface area contributed by atoms with Gasteiger partial charge in [0.1, 0.15) is 0 Å². The SMILES string of the molecule is Cc1ccc(N=C(NOC(=O)Nc2ccc(Cl)cc2)c2cccc([N+](=O)[O-])c2)cc1. The number of carbonyl (C=O) groups excluding carboxylic acids is 1. The van der Waals surface area contributed by atoms with E-state index in [2.05, 4.69) is 15.8 Å². The normalized spacial score (nSPS) is 10.9. The van der Waals surface area contributed by atoms with Gasteiger partial charge in [0.05, 0.1) is 10.6 Å². The predicted molar refractivity (Wildman–Crippen MR) is 115 cm³/mol. The highest BCUT2D eigenvalue weighted by Gasteiger charge is 2.13. The molecule has 8 nitrogen and oxygen atoms in total. The van der Waals surface area contributed by atoms with E-state index < -0.39 is 11.0 Å². The molecule has 1 amide bonds. The highest BCUT2D eigenvalue weighted by molar-refractivity contribution is 6.30. The van der Waals surface area contributed by atoms with Crippen molar-refractivity contribution in [3.8, 4) is 0 Å². The number of halogens is 1. The van der Waals surface area contributed by atoms with E-state index in [1.54, 1.807) is 42.5 Å². The Morgan fingerprint density at radius 3 is 2.43 bits per heavy atom. The number of hydrogen-bond acceptors (Lipinski definition) is 5. The highest BCUT2D eigenvalue weighted by atomic mass is 35.5. The van der Waals surface area contributed by atoms with Crippen LogP contribution in [0.5, 0.6) is 0 Å². The van der Waals surface area contributed by atoms with Gasteiger partial charge in [0, 0.05) is 28.4 Å². The van der Waals surface area contributed by atoms with Crippen molar-refractivity contribution in [2.45, 2.75) is 6.92 Å². The minimum Gasteiger partial charge on any atom is -0.322 e. The second-order valence-electron chi connectivity index (χ2n) is 6.23. The van der Waals surface area contributed by atoms with Crippen LogP contribution in [0.3, 0.4) is 0 Å². The number of nitrogens with one attached hydrogen (secondary N) is 2. The van der Waals surface area contributed by atoms with Gasteiger partial charge in [-0.1, -0.05) is 41.4 Å². The molecule has 0 bridgehead atoms. The molecule has 0 aliphatic heterocycles. The summed E-state index contributed by atoms with van der Waals surface area (Å²) < 4.78 is 0. The first kappa shape index (κ1) is 20.8. The molecular formula is C21H17ClN4O4. The zero-order valence-electron chi connectivity index (χ0n) is 15.8. The number of aliphatic imine (C=N–C) groups is 1. The molecule has 0 unspecified atom stereocenters. The molecule has 152 valence electrons. The Labute approximate surface area is 177 Å². The number of amides is 1. The molecule has 0 radical (unpaired) electrons. The number of hydroxylamine groups is 1. The Morgan fingerprint density at radius 2 is 1.77 bits per heavy atom. The summed E-state index contributed by atoms with van der Waals surface area (Å²) in [6.07, 6.45) is -0.792. The van der Waals surface area contributed by atoms with Crippen LogP contribution in [0.4, 0.5) is 21.9 Å². The maximum absolute atomic E-state index is 12.1. The van der Waals surface area contributed by atoms with E-state index in [0.29, 0.717) is 22.0 Å². The number of nitrogens with zero attached hydrogens (tertiary/aromatic N) is 2. The summed E-state index contributed by atoms with van der Waals surface area (Å²) in [7, 11) is 0. The molecule has 0 saturated carbocycles. The van der Waals surface area contributed by atoms with E-state index in [1.807, 2.05) is 19.1 Å². The van der Waals surface area contributed by atoms with Gasteiger partial charge in [-0.15, -0.1) is 0 Å². The lowest BCUT2D eigenvalue weighted by atomic mass is 10.2. The summed E-state index contributed by atoms with van der Waals surface area (Å²) in [6.45, 7) is 1.94. The number of aryl methyl sites for hydroxylation is 1. The zero-order valence-corrected chi connectivity index (χ0v) is 16.6. The lowest BCUT2D eigenvalue weighted by Crippen LogP contribution is -2.30. The molecule has 0 aliphatic rings. The molecule has 0 aliphatic carbocycles. The number of benzene rings is 3. The number of rotatable bonds is 4. The Bertz CT molecular complexity index is 1080. The molecule has 0 fully saturated rings. The van der Waals surface area contributed by atoms with E-state index in [9.17, 15) is 14.9 Å². The lowest BCUT2D eigenvalue weighted by molar-refractivity contribution is -0.384. The monoisotopic (exact) mass is 424 g/mol. The van der Waals surface area contributed by atoms with E-state index in [0.717, 1.165) is 5.56 Å². The van der Waals surface area contributed by atoms with Crippen molar-refractivity contribution in [1.82, 2.24) is 5.48 Å². The average molecular weight is 425 g/mol. The molecule has 3 aromatic rings. The molecule has 0 spiro atoms. The molecule has 0 saturated heterocycles. The summed E-state index contributed by atoms with van der Waals surface area (Å²) in [6, 6.07) is 19.6. The van der Waals surface area contributed by atoms with Gasteiger partial charge in [0.25, 0.3) is 5.69 Å². The van der Waals surface area contributed by atoms with Crippen LogP contribution < -0.4 is 10.8 Å². The fourth-order valence-electron chi connectivity index (χ4n) is 2.43. The van der Waals surface area contributed by atoms with Gasteiger partial charge in [-0.2, -0.15) is 5.48 Å². The molecule has 0 aromatic heterocycles. The Kier molecular flexibility index (Phi) is 6.61. The molecule has 0 atom stereocenters. The van der Waals surface area contributed by atoms with E-state index in [-0.39, 0.29) is 11.5 Å². The fourth-order valence-corrected chi connectivity index (χ4v) is 2.56. The van der Waals surface area contributed by atoms with Crippen molar-refractivity contribution in [3.05, 3.63) is 99.1 Å². The quantitative estimate of drug-likeness (QED) is 0.253. The molecular weight excluding hydrogens is 408 g/mol. The van der Waals surface area contributed by atoms with Gasteiger partial charge in [-0.05, 0) is 43.3 Å². The maximum Gasteiger partial charge on any atom is 0.435 e. The number of amidine groups is 1. The van der Waals surface area contributed by atoms with Crippen LogP contribution in [0.1, 0.15) is 11.1 Å². The smallest absolute Gasteiger partial charge is 0.322 e. The second kappa shape index (κ2) is 9.53. The van der Waals surface area contributed by atoms with Crippen molar-refractivity contribution in [3.63, 3.8) is 0 Å². The minimum absolute atomic E-state index is 0.114. The van der Waals surface area contributed by atoms with Crippen LogP contribution in [0, 0.1) is 17.0 Å². The van der Waals surface area contributed by atoms with Crippen molar-refractivity contribution in [2.75, 3.05) is 5.32 Å². The Morgan fingerprint density at radius 1 is 1.07 bits per heavy atom. The van der Waals surface area contributed by atoms with Crippen molar-refractivity contribution >= 4 is 40.6 Å². The third-order valence-electron chi connectivity index (χ3n) is 3.94. The number of non-ortho nitro benzene ring substituents is 1. The van der Waals surface area contributed by atoms with Crippen molar-refractivity contribution < 1.29 is 14.6 Å². The van der Waals surface area contributed by atoms with Crippen LogP contribution in [-0.2, 0) is 4.84 Å². The Hall–Kier alpha value is -3.91. The van der Waals surface area contributed by atoms with Gasteiger partial charge in [0.15, 0.2) is 5.84 Å². The van der Waals surface area contributed by atoms with Gasteiger partial charge in [0.2, 0.25) is 0 Å². The summed E-state index contributed by atoms with van der Waals surface area (Å²) in [5.41, 5.74) is 4.87. The molecule has 3 aromatic carbocycles. The standard InChI is InChI=1S/C21H17ClN4O4/c1-14-5-9-17(10-6-14)23-20(15-3-2-4-19(13-15)26(28)29)25-30-21(27)24-18-11-7-16(22)8-12-18/h2-13H,1H3,(H,23,25)(H,24,27). The minimum atomic E-state index is -0.792. The predicted octanol–water partition coefficient (Wildman–Crippen LogP) is 5.39. The average Bonchev–Trinajstić information content (AvgIpc) is 2.74. The zero-order chi connectivity index (χ0) is 21.5. The van der Waals surface area contributed by atoms with Gasteiger partial charge in [-0.3, -0.25) is 15.4 Å². The van der Waals surface area contributed by atoms with E-state index in [4.69, 9.17) is 16.4 Å². The summed E-state index contributed by atoms with van der Waals surface area (Å²) in [5.74, 6) is 0.133. The fraction of sp³-hybridized carbons (Fsp3) is 0.0476. The van der Waals surface area contributed by atoms with E-state index >= 15 is 0 Å². The van der Waals surface area contributed by atoms with Crippen LogP contribution in [0.2, 0.25) is 5.02 Å². The number of carbonyl (C=O) groups is 1. The first-order valence-electron chi connectivity index (χ1n) is 8.80. The molecule has 0 heterocycles. The summed E-state index contributed by atoms with van der Waals surface area (Å²) in [5, 5.41) is 14.2. The van der Waals surface area contributed by atoms with Crippen LogP contribution in [-0.4, -0.2) is 16.9 Å². The number of anilines is 1. The van der Waals surface area contributed by atoms with Crippen LogP contribution in [0.15, 0.2) is 77.8 Å². The van der Waals surface area contributed by atoms with E-state index in [1.165, 1.54) is 18.2 Å². The first-order valence-corrected chi connectivity index (χ1v) is 9.18. The van der Waals surface area contributed by atoms with Gasteiger partial charge < -0.3 is 4.84 Å². The number of nitro benzene ring substituents is 1. The van der Waals surface area contributed by atoms with Crippen molar-refractivity contribution in [1.29, 1.82) is 0 Å². The highest BCUT2D eigenvalue weighted by Crippen LogP contribution is 2.18. The van der Waals surface area contributed by atoms with Gasteiger partial charge >= 0.3 is 6.09 Å². The summed E-state index contributed by atoms with van der Waals surface area (Å²) >= 11 is 5.82. The third kappa shape index (κ3) is 5.79. The van der Waals surface area contributed by atoms with Crippen LogP contribution in [0.25, 0.3) is 0 Å². The molecule has 9 heteroatoms. The topological polar surface area (TPSA) is 106 Å². The lowest BCUT2D eigenvalue weighted by Gasteiger charge is -2.11. The molecule has 3 rings (SSSR count). The van der Waals surface area contributed by atoms with Gasteiger partial charge in [-0.25, -0.2) is 9.79 Å². The largest absolute Gasteiger partial charge is 0.435 e. The molecule has 30 heavy (non-hydrogen) atoms. The van der Waals surface area contributed by atoms with Crippen LogP contribution >= 0.6 is 11.6 Å². The molecule has 2 N–H and O–H groups in total. The maximum atomic E-state index is 12.1. The number of nitro groups is 1. The summed E-state index contributed by atoms with van der Waals surface area (Å²) in [4.78, 5) is 32.2. The number of hydrogen-bond donors (Lipinski definition) is 2.